The van der Waals surface area contributed by atoms with E-state index in [2.05, 4.69) is 15.6 Å². The molecule has 2 heterocycles. The number of hydrogen-bond donors (Lipinski definition) is 2. The summed E-state index contributed by atoms with van der Waals surface area (Å²) >= 11 is 1.58. The number of fused-ring (bicyclic) bond motifs is 1. The van der Waals surface area contributed by atoms with Gasteiger partial charge in [-0.3, -0.25) is 14.0 Å². The Bertz CT molecular complexity index is 1380. The average Bonchev–Trinajstić information content (AvgIpc) is 3.46. The molecule has 2 aromatic heterocycles. The molecule has 5 rings (SSSR count). The monoisotopic (exact) mass is 452 g/mol. The summed E-state index contributed by atoms with van der Waals surface area (Å²) in [6.07, 6.45) is 3.94. The van der Waals surface area contributed by atoms with E-state index in [0.29, 0.717) is 11.3 Å². The van der Waals surface area contributed by atoms with Gasteiger partial charge >= 0.3 is 0 Å². The minimum atomic E-state index is -0.292. The van der Waals surface area contributed by atoms with Gasteiger partial charge in [-0.05, 0) is 35.4 Å². The summed E-state index contributed by atoms with van der Waals surface area (Å²) < 4.78 is 1.98. The molecule has 0 bridgehead atoms. The molecule has 0 aliphatic carbocycles. The van der Waals surface area contributed by atoms with Crippen LogP contribution in [0.2, 0.25) is 0 Å². The minimum Gasteiger partial charge on any atom is -0.343 e. The number of thiazole rings is 1. The molecule has 162 valence electrons. The lowest BCUT2D eigenvalue weighted by Gasteiger charge is -2.08. The normalized spacial score (nSPS) is 10.8. The molecule has 3 aromatic carbocycles. The van der Waals surface area contributed by atoms with Crippen molar-refractivity contribution in [2.45, 2.75) is 0 Å². The third-order valence-electron chi connectivity index (χ3n) is 5.22. The first-order chi connectivity index (χ1) is 16.2. The Morgan fingerprint density at radius 2 is 1.55 bits per heavy atom. The van der Waals surface area contributed by atoms with Crippen molar-refractivity contribution in [3.8, 4) is 22.4 Å². The molecule has 0 unspecified atom stereocenters. The molecular formula is C26H20N4O2S. The highest BCUT2D eigenvalue weighted by molar-refractivity contribution is 7.15. The van der Waals surface area contributed by atoms with E-state index in [0.717, 1.165) is 27.3 Å². The number of carbonyl (C=O) groups excluding carboxylic acids is 2. The number of benzene rings is 3. The fourth-order valence-corrected chi connectivity index (χ4v) is 4.20. The number of hydrogen-bond acceptors (Lipinski definition) is 4. The molecule has 0 saturated heterocycles. The maximum absolute atomic E-state index is 12.4. The second-order valence-electron chi connectivity index (χ2n) is 7.47. The Morgan fingerprint density at radius 3 is 2.27 bits per heavy atom. The zero-order valence-electron chi connectivity index (χ0n) is 17.6. The summed E-state index contributed by atoms with van der Waals surface area (Å²) in [5.74, 6) is -0.584. The Morgan fingerprint density at radius 1 is 0.848 bits per heavy atom. The first kappa shape index (κ1) is 20.7. The minimum absolute atomic E-state index is 0.113. The van der Waals surface area contributed by atoms with Crippen LogP contribution in [0.4, 0.5) is 5.69 Å². The highest BCUT2D eigenvalue weighted by Crippen LogP contribution is 2.23. The molecule has 0 aliphatic heterocycles. The smallest absolute Gasteiger partial charge is 0.251 e. The summed E-state index contributed by atoms with van der Waals surface area (Å²) in [6.45, 7) is -0.113. The van der Waals surface area contributed by atoms with Gasteiger partial charge in [-0.1, -0.05) is 54.6 Å². The van der Waals surface area contributed by atoms with E-state index in [1.54, 1.807) is 23.5 Å². The number of nitrogens with one attached hydrogen (secondary N) is 2. The van der Waals surface area contributed by atoms with Crippen molar-refractivity contribution < 1.29 is 9.59 Å². The molecule has 0 fully saturated rings. The Hall–Kier alpha value is -4.23. The number of amides is 2. The number of aromatic nitrogens is 2. The van der Waals surface area contributed by atoms with Crippen molar-refractivity contribution in [1.29, 1.82) is 0 Å². The van der Waals surface area contributed by atoms with Crippen LogP contribution in [0.3, 0.4) is 0 Å². The van der Waals surface area contributed by atoms with Crippen molar-refractivity contribution in [2.75, 3.05) is 11.9 Å². The third kappa shape index (κ3) is 4.68. The molecule has 33 heavy (non-hydrogen) atoms. The fraction of sp³-hybridized carbons (Fsp3) is 0.0385. The van der Waals surface area contributed by atoms with Gasteiger partial charge in [-0.15, -0.1) is 11.3 Å². The summed E-state index contributed by atoms with van der Waals surface area (Å²) in [7, 11) is 0. The zero-order valence-corrected chi connectivity index (χ0v) is 18.4. The van der Waals surface area contributed by atoms with Crippen molar-refractivity contribution in [1.82, 2.24) is 14.7 Å². The fourth-order valence-electron chi connectivity index (χ4n) is 3.50. The lowest BCUT2D eigenvalue weighted by atomic mass is 10.0. The van der Waals surface area contributed by atoms with Gasteiger partial charge in [0.25, 0.3) is 5.91 Å². The van der Waals surface area contributed by atoms with Crippen molar-refractivity contribution >= 4 is 33.8 Å². The van der Waals surface area contributed by atoms with E-state index in [1.807, 2.05) is 88.9 Å². The molecule has 0 atom stereocenters. The number of imidazole rings is 1. The molecule has 7 heteroatoms. The van der Waals surface area contributed by atoms with Crippen LogP contribution in [0.25, 0.3) is 27.3 Å². The van der Waals surface area contributed by atoms with Crippen LogP contribution < -0.4 is 10.6 Å². The van der Waals surface area contributed by atoms with Crippen molar-refractivity contribution in [2.24, 2.45) is 0 Å². The number of anilines is 1. The predicted octanol–water partition coefficient (Wildman–Crippen LogP) is 5.10. The highest BCUT2D eigenvalue weighted by Gasteiger charge is 2.10. The second kappa shape index (κ2) is 9.10. The predicted molar refractivity (Wildman–Crippen MR) is 131 cm³/mol. The summed E-state index contributed by atoms with van der Waals surface area (Å²) in [4.78, 5) is 30.2. The molecule has 0 spiro atoms. The lowest BCUT2D eigenvalue weighted by Crippen LogP contribution is -2.32. The van der Waals surface area contributed by atoms with Gasteiger partial charge in [0.1, 0.15) is 0 Å². The van der Waals surface area contributed by atoms with Crippen LogP contribution >= 0.6 is 11.3 Å². The van der Waals surface area contributed by atoms with Crippen molar-refractivity contribution in [3.63, 3.8) is 0 Å². The molecule has 2 amide bonds. The van der Waals surface area contributed by atoms with E-state index in [9.17, 15) is 9.59 Å². The maximum atomic E-state index is 12.4. The van der Waals surface area contributed by atoms with Crippen LogP contribution in [-0.4, -0.2) is 27.7 Å². The van der Waals surface area contributed by atoms with E-state index in [-0.39, 0.29) is 18.4 Å². The lowest BCUT2D eigenvalue weighted by molar-refractivity contribution is -0.115. The number of rotatable bonds is 6. The van der Waals surface area contributed by atoms with Crippen LogP contribution in [-0.2, 0) is 4.79 Å². The third-order valence-corrected chi connectivity index (χ3v) is 5.99. The van der Waals surface area contributed by atoms with Crippen LogP contribution in [0.15, 0.2) is 96.6 Å². The van der Waals surface area contributed by atoms with Crippen LogP contribution in [0.1, 0.15) is 10.4 Å². The highest BCUT2D eigenvalue weighted by atomic mass is 32.1. The van der Waals surface area contributed by atoms with E-state index in [1.165, 1.54) is 0 Å². The Balaban J connectivity index is 1.15. The molecule has 0 aliphatic rings. The van der Waals surface area contributed by atoms with Gasteiger partial charge in [-0.25, -0.2) is 4.98 Å². The zero-order chi connectivity index (χ0) is 22.6. The van der Waals surface area contributed by atoms with E-state index in [4.69, 9.17) is 0 Å². The van der Waals surface area contributed by atoms with Gasteiger partial charge < -0.3 is 10.6 Å². The summed E-state index contributed by atoms with van der Waals surface area (Å²) in [5, 5.41) is 7.46. The quantitative estimate of drug-likeness (QED) is 0.376. The van der Waals surface area contributed by atoms with Crippen LogP contribution in [0.5, 0.6) is 0 Å². The SMILES string of the molecule is O=C(CNC(=O)c1ccc(-c2ccccc2)cc1)Nc1ccc(-c2cn3ccsc3n2)cc1. The first-order valence-corrected chi connectivity index (χ1v) is 11.3. The summed E-state index contributed by atoms with van der Waals surface area (Å²) in [6, 6.07) is 24.7. The summed E-state index contributed by atoms with van der Waals surface area (Å²) in [5.41, 5.74) is 5.13. The van der Waals surface area contributed by atoms with Crippen molar-refractivity contribution in [3.05, 3.63) is 102 Å². The molecule has 2 N–H and O–H groups in total. The Kier molecular flexibility index (Phi) is 5.70. The van der Waals surface area contributed by atoms with Gasteiger partial charge in [-0.2, -0.15) is 0 Å². The largest absolute Gasteiger partial charge is 0.343 e. The number of nitrogens with zero attached hydrogens (tertiary/aromatic N) is 2. The standard InChI is InChI=1S/C26H20N4O2S/c31-24(16-27-25(32)21-8-6-19(7-9-21)18-4-2-1-3-5-18)28-22-12-10-20(11-13-22)23-17-30-14-15-33-26(30)29-23/h1-15,17H,16H2,(H,27,32)(H,28,31). The molecule has 0 saturated carbocycles. The van der Waals surface area contributed by atoms with Gasteiger partial charge in [0, 0.05) is 34.6 Å². The van der Waals surface area contributed by atoms with E-state index >= 15 is 0 Å². The maximum Gasteiger partial charge on any atom is 0.251 e. The average molecular weight is 453 g/mol. The van der Waals surface area contributed by atoms with E-state index < -0.39 is 0 Å². The first-order valence-electron chi connectivity index (χ1n) is 10.4. The molecular weight excluding hydrogens is 432 g/mol. The Labute approximate surface area is 194 Å². The second-order valence-corrected chi connectivity index (χ2v) is 8.34. The molecule has 6 nitrogen and oxygen atoms in total. The number of carbonyl (C=O) groups is 2. The van der Waals surface area contributed by atoms with Gasteiger partial charge in [0.05, 0.1) is 12.2 Å². The van der Waals surface area contributed by atoms with Gasteiger partial charge in [0.15, 0.2) is 4.96 Å². The van der Waals surface area contributed by atoms with Gasteiger partial charge in [0.2, 0.25) is 5.91 Å². The van der Waals surface area contributed by atoms with Crippen LogP contribution in [0, 0.1) is 0 Å². The molecule has 5 aromatic rings. The molecule has 0 radical (unpaired) electrons. The topological polar surface area (TPSA) is 75.5 Å².